The highest BCUT2D eigenvalue weighted by molar-refractivity contribution is 6.14. The molecular weight excluding hydrogens is 332 g/mol. The number of ketones is 1. The van der Waals surface area contributed by atoms with Crippen molar-refractivity contribution in [2.45, 2.75) is 26.2 Å². The molecule has 0 radical (unpaired) electrons. The third kappa shape index (κ3) is 3.25. The molecule has 2 aromatic carbocycles. The molecule has 0 fully saturated rings. The molecule has 0 aliphatic carbocycles. The van der Waals surface area contributed by atoms with Crippen LogP contribution in [-0.2, 0) is 0 Å². The Kier molecular flexibility index (Phi) is 4.52. The Bertz CT molecular complexity index is 869. The summed E-state index contributed by atoms with van der Waals surface area (Å²) in [4.78, 5) is 12.6. The molecular formula is C21H20O5. The first-order chi connectivity index (χ1) is 12.7. The number of unbranched alkanes of at least 4 members (excludes halogenated alkanes) is 2. The minimum atomic E-state index is -0.129. The highest BCUT2D eigenvalue weighted by atomic mass is 16.7. The van der Waals surface area contributed by atoms with Gasteiger partial charge in [0.05, 0.1) is 12.2 Å². The second-order valence-corrected chi connectivity index (χ2v) is 6.27. The molecule has 2 aliphatic heterocycles. The van der Waals surface area contributed by atoms with E-state index in [-0.39, 0.29) is 12.6 Å². The van der Waals surface area contributed by atoms with Crippen LogP contribution in [0.15, 0.2) is 42.2 Å². The number of fused-ring (bicyclic) bond motifs is 2. The Morgan fingerprint density at radius 1 is 1.04 bits per heavy atom. The second-order valence-electron chi connectivity index (χ2n) is 6.27. The van der Waals surface area contributed by atoms with Crippen molar-refractivity contribution in [3.05, 3.63) is 53.3 Å². The number of allylic oxidation sites excluding steroid dienone is 1. The molecule has 2 aromatic rings. The summed E-state index contributed by atoms with van der Waals surface area (Å²) in [6, 6.07) is 10.9. The normalized spacial score (nSPS) is 15.9. The lowest BCUT2D eigenvalue weighted by Gasteiger charge is -2.06. The average molecular weight is 352 g/mol. The van der Waals surface area contributed by atoms with Crippen LogP contribution in [0, 0.1) is 0 Å². The molecule has 0 amide bonds. The first kappa shape index (κ1) is 16.5. The van der Waals surface area contributed by atoms with E-state index in [1.54, 1.807) is 18.2 Å². The lowest BCUT2D eigenvalue weighted by atomic mass is 10.1. The maximum Gasteiger partial charge on any atom is 0.231 e. The van der Waals surface area contributed by atoms with Crippen LogP contribution in [0.25, 0.3) is 6.08 Å². The van der Waals surface area contributed by atoms with Gasteiger partial charge in [-0.1, -0.05) is 25.8 Å². The number of hydrogen-bond donors (Lipinski definition) is 0. The third-order valence-corrected chi connectivity index (χ3v) is 4.35. The first-order valence-electron chi connectivity index (χ1n) is 8.85. The summed E-state index contributed by atoms with van der Waals surface area (Å²) in [5, 5.41) is 0. The predicted molar refractivity (Wildman–Crippen MR) is 97.0 cm³/mol. The SMILES string of the molecule is CCCCCOc1ccc2c(c1)O/C(=C/c1ccc3c(c1)OCO3)C2=O. The monoisotopic (exact) mass is 352 g/mol. The molecule has 0 spiro atoms. The van der Waals surface area contributed by atoms with Gasteiger partial charge < -0.3 is 18.9 Å². The van der Waals surface area contributed by atoms with Crippen molar-refractivity contribution in [2.75, 3.05) is 13.4 Å². The van der Waals surface area contributed by atoms with Gasteiger partial charge in [0, 0.05) is 6.07 Å². The van der Waals surface area contributed by atoms with Crippen LogP contribution in [0.2, 0.25) is 0 Å². The first-order valence-corrected chi connectivity index (χ1v) is 8.85. The molecule has 4 rings (SSSR count). The van der Waals surface area contributed by atoms with Crippen molar-refractivity contribution in [3.8, 4) is 23.0 Å². The predicted octanol–water partition coefficient (Wildman–Crippen LogP) is 4.60. The number of carbonyl (C=O) groups excluding carboxylic acids is 1. The lowest BCUT2D eigenvalue weighted by molar-refractivity contribution is 0.101. The quantitative estimate of drug-likeness (QED) is 0.562. The summed E-state index contributed by atoms with van der Waals surface area (Å²) in [5.41, 5.74) is 1.37. The zero-order valence-electron chi connectivity index (χ0n) is 14.6. The van der Waals surface area contributed by atoms with Gasteiger partial charge in [-0.2, -0.15) is 0 Å². The fraction of sp³-hybridized carbons (Fsp3) is 0.286. The molecule has 26 heavy (non-hydrogen) atoms. The third-order valence-electron chi connectivity index (χ3n) is 4.35. The number of hydrogen-bond acceptors (Lipinski definition) is 5. The largest absolute Gasteiger partial charge is 0.493 e. The number of carbonyl (C=O) groups is 1. The van der Waals surface area contributed by atoms with Crippen molar-refractivity contribution in [1.82, 2.24) is 0 Å². The smallest absolute Gasteiger partial charge is 0.231 e. The number of Topliss-reactive ketones (excluding diaryl/α,β-unsaturated/α-hetero) is 1. The Hall–Kier alpha value is -2.95. The van der Waals surface area contributed by atoms with Crippen LogP contribution < -0.4 is 18.9 Å². The van der Waals surface area contributed by atoms with E-state index >= 15 is 0 Å². The van der Waals surface area contributed by atoms with E-state index in [0.717, 1.165) is 30.6 Å². The summed E-state index contributed by atoms with van der Waals surface area (Å²) in [7, 11) is 0. The highest BCUT2D eigenvalue weighted by Crippen LogP contribution is 2.37. The Morgan fingerprint density at radius 2 is 1.92 bits per heavy atom. The molecule has 0 aromatic heterocycles. The minimum absolute atomic E-state index is 0.129. The van der Waals surface area contributed by atoms with E-state index in [0.29, 0.717) is 35.2 Å². The summed E-state index contributed by atoms with van der Waals surface area (Å²) >= 11 is 0. The minimum Gasteiger partial charge on any atom is -0.493 e. The molecule has 0 saturated heterocycles. The van der Waals surface area contributed by atoms with Crippen LogP contribution in [0.1, 0.15) is 42.1 Å². The number of ether oxygens (including phenoxy) is 4. The molecule has 5 nitrogen and oxygen atoms in total. The zero-order valence-corrected chi connectivity index (χ0v) is 14.6. The van der Waals surface area contributed by atoms with E-state index in [1.165, 1.54) is 0 Å². The molecule has 0 unspecified atom stereocenters. The molecule has 0 bridgehead atoms. The zero-order chi connectivity index (χ0) is 17.9. The average Bonchev–Trinajstić information content (AvgIpc) is 3.23. The molecule has 0 N–H and O–H groups in total. The summed E-state index contributed by atoms with van der Waals surface area (Å²) in [6.45, 7) is 3.04. The summed E-state index contributed by atoms with van der Waals surface area (Å²) in [6.07, 6.45) is 5.02. The van der Waals surface area contributed by atoms with Gasteiger partial charge in [0.1, 0.15) is 11.5 Å². The maximum absolute atomic E-state index is 12.6. The molecule has 2 heterocycles. The van der Waals surface area contributed by atoms with E-state index in [4.69, 9.17) is 18.9 Å². The van der Waals surface area contributed by atoms with Gasteiger partial charge in [-0.25, -0.2) is 0 Å². The molecule has 5 heteroatoms. The number of benzene rings is 2. The topological polar surface area (TPSA) is 54.0 Å². The fourth-order valence-electron chi connectivity index (χ4n) is 2.95. The van der Waals surface area contributed by atoms with E-state index < -0.39 is 0 Å². The van der Waals surface area contributed by atoms with Gasteiger partial charge in [-0.15, -0.1) is 0 Å². The van der Waals surface area contributed by atoms with Crippen LogP contribution >= 0.6 is 0 Å². The fourth-order valence-corrected chi connectivity index (χ4v) is 2.95. The van der Waals surface area contributed by atoms with Gasteiger partial charge in [-0.05, 0) is 42.3 Å². The van der Waals surface area contributed by atoms with E-state index in [1.807, 2.05) is 24.3 Å². The van der Waals surface area contributed by atoms with Gasteiger partial charge in [-0.3, -0.25) is 4.79 Å². The molecule has 134 valence electrons. The van der Waals surface area contributed by atoms with E-state index in [9.17, 15) is 4.79 Å². The Balaban J connectivity index is 1.50. The maximum atomic E-state index is 12.6. The van der Waals surface area contributed by atoms with Crippen molar-refractivity contribution in [2.24, 2.45) is 0 Å². The standard InChI is InChI=1S/C21H20O5/c1-2-3-4-9-23-15-6-7-16-18(12-15)26-20(21(16)22)11-14-5-8-17-19(10-14)25-13-24-17/h5-8,10-12H,2-4,9,13H2,1H3/b20-11+. The van der Waals surface area contributed by atoms with Crippen LogP contribution in [0.5, 0.6) is 23.0 Å². The van der Waals surface area contributed by atoms with Crippen molar-refractivity contribution >= 4 is 11.9 Å². The van der Waals surface area contributed by atoms with Crippen molar-refractivity contribution < 1.29 is 23.7 Å². The lowest BCUT2D eigenvalue weighted by Crippen LogP contribution is -1.98. The van der Waals surface area contributed by atoms with E-state index in [2.05, 4.69) is 6.92 Å². The van der Waals surface area contributed by atoms with Gasteiger partial charge in [0.15, 0.2) is 17.3 Å². The molecule has 2 aliphatic rings. The van der Waals surface area contributed by atoms with Gasteiger partial charge in [0.2, 0.25) is 12.6 Å². The Labute approximate surface area is 152 Å². The molecule has 0 atom stereocenters. The van der Waals surface area contributed by atoms with Crippen molar-refractivity contribution in [1.29, 1.82) is 0 Å². The van der Waals surface area contributed by atoms with Gasteiger partial charge >= 0.3 is 0 Å². The van der Waals surface area contributed by atoms with Crippen LogP contribution in [0.3, 0.4) is 0 Å². The molecule has 0 saturated carbocycles. The summed E-state index contributed by atoms with van der Waals surface area (Å²) in [5.74, 6) is 2.80. The second kappa shape index (κ2) is 7.12. The highest BCUT2D eigenvalue weighted by Gasteiger charge is 2.28. The van der Waals surface area contributed by atoms with Crippen LogP contribution in [0.4, 0.5) is 0 Å². The van der Waals surface area contributed by atoms with Gasteiger partial charge in [0.25, 0.3) is 0 Å². The van der Waals surface area contributed by atoms with Crippen LogP contribution in [-0.4, -0.2) is 19.2 Å². The number of rotatable bonds is 6. The van der Waals surface area contributed by atoms with Crippen molar-refractivity contribution in [3.63, 3.8) is 0 Å². The Morgan fingerprint density at radius 3 is 2.81 bits per heavy atom. The summed E-state index contributed by atoms with van der Waals surface area (Å²) < 4.78 is 22.2.